The van der Waals surface area contributed by atoms with E-state index in [1.165, 1.54) is 38.9 Å². The van der Waals surface area contributed by atoms with Gasteiger partial charge < -0.3 is 4.98 Å². The average Bonchev–Trinajstić information content (AvgIpc) is 2.83. The Hall–Kier alpha value is -2.02. The molecule has 0 saturated heterocycles. The molecule has 0 saturated carbocycles. The van der Waals surface area contributed by atoms with Gasteiger partial charge >= 0.3 is 0 Å². The highest BCUT2D eigenvalue weighted by atomic mass is 14.7. The summed E-state index contributed by atoms with van der Waals surface area (Å²) in [6.45, 7) is 8.78. The van der Waals surface area contributed by atoms with E-state index in [-0.39, 0.29) is 0 Å². The lowest BCUT2D eigenvalue weighted by molar-refractivity contribution is 0.869. The number of aromatic nitrogens is 1. The van der Waals surface area contributed by atoms with Crippen molar-refractivity contribution in [1.82, 2.24) is 4.98 Å². The smallest absolute Gasteiger partial charge is 0.0467 e. The molecule has 0 atom stereocenters. The van der Waals surface area contributed by atoms with Gasteiger partial charge in [0.05, 0.1) is 0 Å². The van der Waals surface area contributed by atoms with Crippen LogP contribution in [0.15, 0.2) is 42.5 Å². The molecule has 0 aliphatic rings. The first-order valence-corrected chi connectivity index (χ1v) is 7.25. The first-order valence-electron chi connectivity index (χ1n) is 7.25. The lowest BCUT2D eigenvalue weighted by Gasteiger charge is -2.04. The van der Waals surface area contributed by atoms with Gasteiger partial charge in [-0.15, -0.1) is 0 Å². The summed E-state index contributed by atoms with van der Waals surface area (Å²) in [6.07, 6.45) is 0. The number of hydrogen-bond acceptors (Lipinski definition) is 0. The third-order valence-electron chi connectivity index (χ3n) is 3.99. The Morgan fingerprint density at radius 2 is 1.70 bits per heavy atom. The van der Waals surface area contributed by atoms with Crippen LogP contribution in [0.4, 0.5) is 0 Å². The van der Waals surface area contributed by atoms with Crippen molar-refractivity contribution < 1.29 is 0 Å². The third kappa shape index (κ3) is 2.24. The van der Waals surface area contributed by atoms with Crippen LogP contribution in [-0.2, 0) is 0 Å². The van der Waals surface area contributed by atoms with Crippen molar-refractivity contribution in [2.75, 3.05) is 0 Å². The largest absolute Gasteiger partial charge is 0.355 e. The van der Waals surface area contributed by atoms with Gasteiger partial charge in [-0.1, -0.05) is 37.6 Å². The molecular formula is C19H21N. The van der Waals surface area contributed by atoms with Gasteiger partial charge in [0.15, 0.2) is 0 Å². The number of hydrogen-bond donors (Lipinski definition) is 1. The van der Waals surface area contributed by atoms with E-state index in [1.54, 1.807) is 0 Å². The van der Waals surface area contributed by atoms with Crippen molar-refractivity contribution in [2.45, 2.75) is 33.6 Å². The number of H-pyrrole nitrogens is 1. The fraction of sp³-hybridized carbons (Fsp3) is 0.263. The minimum atomic E-state index is 0.568. The van der Waals surface area contributed by atoms with Gasteiger partial charge in [-0.25, -0.2) is 0 Å². The zero-order valence-corrected chi connectivity index (χ0v) is 12.6. The maximum atomic E-state index is 3.55. The molecule has 1 N–H and O–H groups in total. The summed E-state index contributed by atoms with van der Waals surface area (Å²) in [7, 11) is 0. The second-order valence-corrected chi connectivity index (χ2v) is 6.00. The fourth-order valence-electron chi connectivity index (χ4n) is 2.68. The van der Waals surface area contributed by atoms with Crippen molar-refractivity contribution in [2.24, 2.45) is 0 Å². The predicted octanol–water partition coefficient (Wildman–Crippen LogP) is 5.58. The number of aromatic amines is 1. The molecule has 3 rings (SSSR count). The third-order valence-corrected chi connectivity index (χ3v) is 3.99. The molecule has 2 aromatic carbocycles. The highest BCUT2D eigenvalue weighted by Gasteiger charge is 2.08. The van der Waals surface area contributed by atoms with Crippen molar-refractivity contribution in [3.63, 3.8) is 0 Å². The molecule has 0 aliphatic heterocycles. The molecule has 1 heteroatoms. The Kier molecular flexibility index (Phi) is 3.13. The SMILES string of the molecule is Cc1ccc(C)c(-c2cc3cc(C(C)C)ccc3[nH]2)c1. The van der Waals surface area contributed by atoms with Crippen LogP contribution >= 0.6 is 0 Å². The van der Waals surface area contributed by atoms with Crippen LogP contribution in [0.25, 0.3) is 22.2 Å². The molecule has 0 spiro atoms. The molecule has 0 bridgehead atoms. The standard InChI is InChI=1S/C19H21N/c1-12(2)15-7-8-18-16(10-15)11-19(20-18)17-9-13(3)5-6-14(17)4/h5-12,20H,1-4H3. The quantitative estimate of drug-likeness (QED) is 0.621. The summed E-state index contributed by atoms with van der Waals surface area (Å²) >= 11 is 0. The molecule has 0 radical (unpaired) electrons. The molecule has 1 heterocycles. The monoisotopic (exact) mass is 263 g/mol. The molecule has 102 valence electrons. The molecule has 1 nitrogen and oxygen atoms in total. The van der Waals surface area contributed by atoms with Gasteiger partial charge in [0.1, 0.15) is 0 Å². The van der Waals surface area contributed by atoms with Gasteiger partial charge in [-0.05, 0) is 55.2 Å². The van der Waals surface area contributed by atoms with Gasteiger partial charge in [0.2, 0.25) is 0 Å². The highest BCUT2D eigenvalue weighted by molar-refractivity contribution is 5.87. The van der Waals surface area contributed by atoms with E-state index >= 15 is 0 Å². The maximum absolute atomic E-state index is 3.55. The topological polar surface area (TPSA) is 15.8 Å². The fourth-order valence-corrected chi connectivity index (χ4v) is 2.68. The molecule has 20 heavy (non-hydrogen) atoms. The number of benzene rings is 2. The Morgan fingerprint density at radius 3 is 2.45 bits per heavy atom. The number of fused-ring (bicyclic) bond motifs is 1. The van der Waals surface area contributed by atoms with Crippen LogP contribution in [0.2, 0.25) is 0 Å². The predicted molar refractivity (Wildman–Crippen MR) is 87.3 cm³/mol. The van der Waals surface area contributed by atoms with Gasteiger partial charge in [-0.2, -0.15) is 0 Å². The lowest BCUT2D eigenvalue weighted by Crippen LogP contribution is -1.85. The van der Waals surface area contributed by atoms with E-state index in [1.807, 2.05) is 0 Å². The Labute approximate surface area is 120 Å². The number of rotatable bonds is 2. The van der Waals surface area contributed by atoms with Crippen molar-refractivity contribution in [1.29, 1.82) is 0 Å². The molecular weight excluding hydrogens is 242 g/mol. The van der Waals surface area contributed by atoms with Crippen LogP contribution in [0.5, 0.6) is 0 Å². The molecule has 0 fully saturated rings. The van der Waals surface area contributed by atoms with E-state index in [9.17, 15) is 0 Å². The zero-order valence-electron chi connectivity index (χ0n) is 12.6. The van der Waals surface area contributed by atoms with Crippen LogP contribution in [0.1, 0.15) is 36.5 Å². The molecule has 0 unspecified atom stereocenters. The van der Waals surface area contributed by atoms with Gasteiger partial charge in [-0.3, -0.25) is 0 Å². The molecule has 1 aromatic heterocycles. The van der Waals surface area contributed by atoms with E-state index in [0.29, 0.717) is 5.92 Å². The van der Waals surface area contributed by atoms with E-state index in [4.69, 9.17) is 0 Å². The van der Waals surface area contributed by atoms with Crippen LogP contribution in [0, 0.1) is 13.8 Å². The second kappa shape index (κ2) is 4.82. The first-order chi connectivity index (χ1) is 9.54. The summed E-state index contributed by atoms with van der Waals surface area (Å²) in [4.78, 5) is 3.55. The van der Waals surface area contributed by atoms with Gasteiger partial charge in [0.25, 0.3) is 0 Å². The van der Waals surface area contributed by atoms with Crippen LogP contribution in [0.3, 0.4) is 0 Å². The molecule has 3 aromatic rings. The van der Waals surface area contributed by atoms with Crippen LogP contribution in [-0.4, -0.2) is 4.98 Å². The second-order valence-electron chi connectivity index (χ2n) is 6.00. The maximum Gasteiger partial charge on any atom is 0.0467 e. The van der Waals surface area contributed by atoms with E-state index < -0.39 is 0 Å². The molecule has 0 aliphatic carbocycles. The molecule has 0 amide bonds. The number of nitrogens with one attached hydrogen (secondary N) is 1. The van der Waals surface area contributed by atoms with Crippen molar-refractivity contribution in [3.05, 3.63) is 59.2 Å². The average molecular weight is 263 g/mol. The van der Waals surface area contributed by atoms with E-state index in [2.05, 4.69) is 75.1 Å². The minimum Gasteiger partial charge on any atom is -0.355 e. The van der Waals surface area contributed by atoms with Crippen molar-refractivity contribution >= 4 is 10.9 Å². The summed E-state index contributed by atoms with van der Waals surface area (Å²) in [5.74, 6) is 0.568. The highest BCUT2D eigenvalue weighted by Crippen LogP contribution is 2.29. The summed E-state index contributed by atoms with van der Waals surface area (Å²) in [5, 5.41) is 1.30. The summed E-state index contributed by atoms with van der Waals surface area (Å²) in [5.41, 5.74) is 7.72. The Bertz CT molecular complexity index is 763. The first kappa shape index (κ1) is 13.0. The zero-order chi connectivity index (χ0) is 14.3. The normalized spacial score (nSPS) is 11.4. The Balaban J connectivity index is 2.15. The van der Waals surface area contributed by atoms with Crippen molar-refractivity contribution in [3.8, 4) is 11.3 Å². The summed E-state index contributed by atoms with van der Waals surface area (Å²) in [6, 6.07) is 15.6. The number of aryl methyl sites for hydroxylation is 2. The lowest BCUT2D eigenvalue weighted by atomic mass is 10.0. The Morgan fingerprint density at radius 1 is 0.900 bits per heavy atom. The van der Waals surface area contributed by atoms with Crippen LogP contribution < -0.4 is 0 Å². The minimum absolute atomic E-state index is 0.568. The summed E-state index contributed by atoms with van der Waals surface area (Å²) < 4.78 is 0. The van der Waals surface area contributed by atoms with Gasteiger partial charge in [0, 0.05) is 22.2 Å². The van der Waals surface area contributed by atoms with E-state index in [0.717, 1.165) is 0 Å².